The summed E-state index contributed by atoms with van der Waals surface area (Å²) >= 11 is 1.89. The van der Waals surface area contributed by atoms with Gasteiger partial charge in [0.1, 0.15) is 0 Å². The predicted octanol–water partition coefficient (Wildman–Crippen LogP) is 15.2. The largest absolute Gasteiger partial charge is 0.310 e. The van der Waals surface area contributed by atoms with Crippen LogP contribution >= 0.6 is 11.3 Å². The van der Waals surface area contributed by atoms with E-state index in [1.54, 1.807) is 0 Å². The molecule has 0 radical (unpaired) electrons. The van der Waals surface area contributed by atoms with E-state index in [-0.39, 0.29) is 0 Å². The van der Waals surface area contributed by atoms with Crippen molar-refractivity contribution in [3.8, 4) is 33.4 Å². The van der Waals surface area contributed by atoms with Crippen molar-refractivity contribution < 1.29 is 0 Å². The fraction of sp³-hybridized carbons (Fsp3) is 0.0182. The van der Waals surface area contributed by atoms with E-state index in [1.165, 1.54) is 75.8 Å². The summed E-state index contributed by atoms with van der Waals surface area (Å²) in [5.41, 5.74) is 15.7. The highest BCUT2D eigenvalue weighted by molar-refractivity contribution is 7.25. The summed E-state index contributed by atoms with van der Waals surface area (Å²) in [6.45, 7) is 0. The Hall–Kier alpha value is -7.00. The molecule has 0 amide bonds. The molecule has 1 aliphatic rings. The van der Waals surface area contributed by atoms with Crippen LogP contribution in [0.3, 0.4) is 0 Å². The third kappa shape index (κ3) is 5.44. The molecule has 2 heteroatoms. The van der Waals surface area contributed by atoms with Gasteiger partial charge >= 0.3 is 0 Å². The molecule has 0 saturated heterocycles. The SMILES string of the molecule is c1ccc(-c2ccc(N(c3ccccc3)c3cccc(-c4ccc5c(c4)sc4cc(C6(c7ccccc7)c7ccccc7-c7ccccc76)ccc45)c3)cc2)cc1. The van der Waals surface area contributed by atoms with Gasteiger partial charge in [0.15, 0.2) is 0 Å². The van der Waals surface area contributed by atoms with Crippen molar-refractivity contribution in [3.63, 3.8) is 0 Å². The zero-order valence-electron chi connectivity index (χ0n) is 31.2. The zero-order valence-corrected chi connectivity index (χ0v) is 32.0. The van der Waals surface area contributed by atoms with Crippen LogP contribution in [0, 0.1) is 0 Å². The third-order valence-electron chi connectivity index (χ3n) is 11.8. The number of fused-ring (bicyclic) bond motifs is 6. The fourth-order valence-corrected chi connectivity index (χ4v) is 10.4. The maximum absolute atomic E-state index is 2.47. The molecular weight excluding hydrogens is 707 g/mol. The summed E-state index contributed by atoms with van der Waals surface area (Å²) in [5.74, 6) is 0. The second-order valence-corrected chi connectivity index (χ2v) is 15.9. The molecule has 0 fully saturated rings. The van der Waals surface area contributed by atoms with Gasteiger partial charge in [-0.05, 0) is 104 Å². The van der Waals surface area contributed by atoms with E-state index in [0.717, 1.165) is 17.1 Å². The van der Waals surface area contributed by atoms with Crippen molar-refractivity contribution in [1.82, 2.24) is 0 Å². The highest BCUT2D eigenvalue weighted by atomic mass is 32.1. The highest BCUT2D eigenvalue weighted by Gasteiger charge is 2.45. The number of anilines is 3. The van der Waals surface area contributed by atoms with Crippen molar-refractivity contribution in [2.24, 2.45) is 0 Å². The minimum absolute atomic E-state index is 0.406. The number of para-hydroxylation sites is 1. The van der Waals surface area contributed by atoms with Crippen molar-refractivity contribution in [2.45, 2.75) is 5.41 Å². The number of nitrogens with zero attached hydrogens (tertiary/aromatic N) is 1. The third-order valence-corrected chi connectivity index (χ3v) is 12.9. The lowest BCUT2D eigenvalue weighted by Gasteiger charge is -2.33. The van der Waals surface area contributed by atoms with E-state index in [4.69, 9.17) is 0 Å². The second-order valence-electron chi connectivity index (χ2n) is 14.9. The van der Waals surface area contributed by atoms with Gasteiger partial charge in [-0.25, -0.2) is 0 Å². The van der Waals surface area contributed by atoms with Crippen molar-refractivity contribution in [1.29, 1.82) is 0 Å². The van der Waals surface area contributed by atoms with Gasteiger partial charge in [-0.1, -0.05) is 176 Å². The average Bonchev–Trinajstić information content (AvgIpc) is 3.81. The molecule has 57 heavy (non-hydrogen) atoms. The number of benzene rings is 9. The van der Waals surface area contributed by atoms with Gasteiger partial charge in [0.2, 0.25) is 0 Å². The average molecular weight is 744 g/mol. The minimum atomic E-state index is -0.406. The van der Waals surface area contributed by atoms with Crippen LogP contribution in [0.1, 0.15) is 22.3 Å². The van der Waals surface area contributed by atoms with E-state index in [9.17, 15) is 0 Å². The second kappa shape index (κ2) is 13.6. The quantitative estimate of drug-likeness (QED) is 0.157. The Morgan fingerprint density at radius 1 is 0.316 bits per heavy atom. The lowest BCUT2D eigenvalue weighted by Crippen LogP contribution is -2.28. The van der Waals surface area contributed by atoms with E-state index < -0.39 is 5.41 Å². The van der Waals surface area contributed by atoms with E-state index >= 15 is 0 Å². The van der Waals surface area contributed by atoms with Crippen LogP contribution in [-0.2, 0) is 5.41 Å². The highest BCUT2D eigenvalue weighted by Crippen LogP contribution is 2.56. The smallest absolute Gasteiger partial charge is 0.0714 e. The van der Waals surface area contributed by atoms with Crippen molar-refractivity contribution in [2.75, 3.05) is 4.90 Å². The Balaban J connectivity index is 1.01. The van der Waals surface area contributed by atoms with Crippen LogP contribution in [0.4, 0.5) is 17.1 Å². The lowest BCUT2D eigenvalue weighted by molar-refractivity contribution is 0.770. The Morgan fingerprint density at radius 3 is 1.51 bits per heavy atom. The molecule has 1 aromatic heterocycles. The summed E-state index contributed by atoms with van der Waals surface area (Å²) in [4.78, 5) is 2.35. The predicted molar refractivity (Wildman–Crippen MR) is 242 cm³/mol. The molecule has 1 nitrogen and oxygen atoms in total. The summed E-state index contributed by atoms with van der Waals surface area (Å²) in [6.07, 6.45) is 0. The zero-order chi connectivity index (χ0) is 37.8. The van der Waals surface area contributed by atoms with Crippen LogP contribution in [0.15, 0.2) is 224 Å². The standard InChI is InChI=1S/C55H37NS/c1-4-15-38(16-5-1)39-27-31-45(32-28-39)56(44-20-8-3-9-21-44)46-22-14-17-40(35-46)41-29-33-49-50-34-30-43(37-54(50)57-53(49)36-41)55(42-18-6-2-7-19-42)51-25-12-10-23-47(51)48-24-11-13-26-52(48)55/h1-37H. The van der Waals surface area contributed by atoms with Crippen LogP contribution in [0.25, 0.3) is 53.6 Å². The summed E-state index contributed by atoms with van der Waals surface area (Å²) in [5, 5.41) is 2.60. The summed E-state index contributed by atoms with van der Waals surface area (Å²) < 4.78 is 2.60. The van der Waals surface area contributed by atoms with Gasteiger partial charge in [-0.15, -0.1) is 11.3 Å². The molecule has 1 heterocycles. The van der Waals surface area contributed by atoms with E-state index in [1.807, 2.05) is 11.3 Å². The lowest BCUT2D eigenvalue weighted by atomic mass is 9.67. The molecule has 10 aromatic rings. The van der Waals surface area contributed by atoms with Crippen molar-refractivity contribution in [3.05, 3.63) is 247 Å². The number of hydrogen-bond donors (Lipinski definition) is 0. The minimum Gasteiger partial charge on any atom is -0.310 e. The Morgan fingerprint density at radius 2 is 0.807 bits per heavy atom. The van der Waals surface area contributed by atoms with Crippen LogP contribution in [0.5, 0.6) is 0 Å². The first kappa shape index (κ1) is 33.3. The Bertz CT molecular complexity index is 3010. The molecule has 0 atom stereocenters. The van der Waals surface area contributed by atoms with Gasteiger partial charge in [0, 0.05) is 37.2 Å². The molecule has 0 bridgehead atoms. The van der Waals surface area contributed by atoms with Crippen LogP contribution in [0.2, 0.25) is 0 Å². The van der Waals surface area contributed by atoms with Gasteiger partial charge < -0.3 is 4.90 Å². The van der Waals surface area contributed by atoms with E-state index in [2.05, 4.69) is 229 Å². The molecule has 0 aliphatic heterocycles. The maximum Gasteiger partial charge on any atom is 0.0714 e. The van der Waals surface area contributed by atoms with E-state index in [0.29, 0.717) is 0 Å². The monoisotopic (exact) mass is 743 g/mol. The number of rotatable bonds is 7. The van der Waals surface area contributed by atoms with Crippen molar-refractivity contribution >= 4 is 48.6 Å². The van der Waals surface area contributed by atoms with Gasteiger partial charge in [-0.3, -0.25) is 0 Å². The fourth-order valence-electron chi connectivity index (χ4n) is 9.18. The molecular formula is C55H37NS. The van der Waals surface area contributed by atoms with Crippen LogP contribution in [-0.4, -0.2) is 0 Å². The molecule has 1 aliphatic carbocycles. The molecule has 0 N–H and O–H groups in total. The van der Waals surface area contributed by atoms with Crippen LogP contribution < -0.4 is 4.90 Å². The molecule has 0 saturated carbocycles. The Labute approximate surface area is 337 Å². The van der Waals surface area contributed by atoms with Gasteiger partial charge in [0.25, 0.3) is 0 Å². The first-order valence-electron chi connectivity index (χ1n) is 19.6. The molecule has 11 rings (SSSR count). The first-order valence-corrected chi connectivity index (χ1v) is 20.4. The Kier molecular flexibility index (Phi) is 7.98. The summed E-state index contributed by atoms with van der Waals surface area (Å²) in [6, 6.07) is 82.3. The molecule has 0 spiro atoms. The molecule has 0 unspecified atom stereocenters. The normalized spacial score (nSPS) is 12.7. The number of hydrogen-bond acceptors (Lipinski definition) is 2. The summed E-state index contributed by atoms with van der Waals surface area (Å²) in [7, 11) is 0. The molecule has 9 aromatic carbocycles. The first-order chi connectivity index (χ1) is 28.3. The molecule has 268 valence electrons. The van der Waals surface area contributed by atoms with Gasteiger partial charge in [0.05, 0.1) is 5.41 Å². The number of thiophene rings is 1. The maximum atomic E-state index is 2.47. The van der Waals surface area contributed by atoms with Gasteiger partial charge in [-0.2, -0.15) is 0 Å². The topological polar surface area (TPSA) is 3.24 Å².